The normalized spacial score (nSPS) is 18.5. The maximum absolute atomic E-state index is 11.8. The number of hydrogen-bond acceptors (Lipinski definition) is 2. The first-order valence-corrected chi connectivity index (χ1v) is 5.65. The van der Waals surface area contributed by atoms with E-state index in [0.29, 0.717) is 5.92 Å². The third kappa shape index (κ3) is 4.85. The van der Waals surface area contributed by atoms with Crippen molar-refractivity contribution in [2.24, 2.45) is 11.7 Å². The third-order valence-corrected chi connectivity index (χ3v) is 2.71. The molecule has 2 N–H and O–H groups in total. The lowest BCUT2D eigenvalue weighted by molar-refractivity contribution is -0.133. The minimum absolute atomic E-state index is 0. The van der Waals surface area contributed by atoms with Crippen LogP contribution in [0.5, 0.6) is 0 Å². The van der Waals surface area contributed by atoms with Crippen LogP contribution in [0.4, 0.5) is 0 Å². The SMILES string of the molecule is CC(C)C[C@H](N)C(=O)N1CCCCC1.Cl. The molecule has 3 nitrogen and oxygen atoms in total. The van der Waals surface area contributed by atoms with E-state index in [2.05, 4.69) is 13.8 Å². The molecule has 0 aromatic heterocycles. The quantitative estimate of drug-likeness (QED) is 0.810. The van der Waals surface area contributed by atoms with Crippen LogP contribution < -0.4 is 5.73 Å². The molecule has 1 amide bonds. The van der Waals surface area contributed by atoms with Crippen LogP contribution >= 0.6 is 12.4 Å². The number of carbonyl (C=O) groups is 1. The van der Waals surface area contributed by atoms with E-state index >= 15 is 0 Å². The van der Waals surface area contributed by atoms with Crippen LogP contribution in [-0.2, 0) is 4.79 Å². The summed E-state index contributed by atoms with van der Waals surface area (Å²) in [5, 5.41) is 0. The Morgan fingerprint density at radius 2 is 1.80 bits per heavy atom. The zero-order valence-electron chi connectivity index (χ0n) is 9.74. The highest BCUT2D eigenvalue weighted by atomic mass is 35.5. The Morgan fingerprint density at radius 1 is 1.27 bits per heavy atom. The van der Waals surface area contributed by atoms with Gasteiger partial charge in [0, 0.05) is 13.1 Å². The van der Waals surface area contributed by atoms with Crippen LogP contribution in [-0.4, -0.2) is 29.9 Å². The van der Waals surface area contributed by atoms with Gasteiger partial charge in [0.25, 0.3) is 0 Å². The first-order chi connectivity index (χ1) is 6.61. The van der Waals surface area contributed by atoms with Gasteiger partial charge in [0.05, 0.1) is 6.04 Å². The van der Waals surface area contributed by atoms with Crippen LogP contribution in [0.15, 0.2) is 0 Å². The molecular weight excluding hydrogens is 212 g/mol. The van der Waals surface area contributed by atoms with Crippen LogP contribution in [0.25, 0.3) is 0 Å². The summed E-state index contributed by atoms with van der Waals surface area (Å²) in [6, 6.07) is -0.284. The smallest absolute Gasteiger partial charge is 0.239 e. The largest absolute Gasteiger partial charge is 0.341 e. The maximum Gasteiger partial charge on any atom is 0.239 e. The molecule has 1 fully saturated rings. The van der Waals surface area contributed by atoms with Gasteiger partial charge in [-0.3, -0.25) is 4.79 Å². The summed E-state index contributed by atoms with van der Waals surface area (Å²) >= 11 is 0. The Bertz CT molecular complexity index is 191. The molecule has 4 heteroatoms. The molecule has 0 aromatic rings. The number of likely N-dealkylation sites (tertiary alicyclic amines) is 1. The fourth-order valence-corrected chi connectivity index (χ4v) is 1.96. The van der Waals surface area contributed by atoms with E-state index in [-0.39, 0.29) is 24.4 Å². The van der Waals surface area contributed by atoms with Crippen molar-refractivity contribution in [2.75, 3.05) is 13.1 Å². The van der Waals surface area contributed by atoms with Crippen molar-refractivity contribution in [3.8, 4) is 0 Å². The van der Waals surface area contributed by atoms with Crippen LogP contribution in [0.1, 0.15) is 39.5 Å². The molecule has 1 atom stereocenters. The summed E-state index contributed by atoms with van der Waals surface area (Å²) < 4.78 is 0. The molecular formula is C11H23ClN2O. The van der Waals surface area contributed by atoms with Crippen molar-refractivity contribution in [3.05, 3.63) is 0 Å². The van der Waals surface area contributed by atoms with Gasteiger partial charge in [0.15, 0.2) is 0 Å². The van der Waals surface area contributed by atoms with E-state index in [1.807, 2.05) is 4.90 Å². The lowest BCUT2D eigenvalue weighted by Gasteiger charge is -2.29. The highest BCUT2D eigenvalue weighted by Gasteiger charge is 2.22. The molecule has 15 heavy (non-hydrogen) atoms. The number of carbonyl (C=O) groups excluding carboxylic acids is 1. The van der Waals surface area contributed by atoms with Gasteiger partial charge in [-0.1, -0.05) is 13.8 Å². The topological polar surface area (TPSA) is 46.3 Å². The Kier molecular flexibility index (Phi) is 6.94. The van der Waals surface area contributed by atoms with E-state index in [1.54, 1.807) is 0 Å². The van der Waals surface area contributed by atoms with E-state index in [4.69, 9.17) is 5.73 Å². The molecule has 1 aliphatic heterocycles. The summed E-state index contributed by atoms with van der Waals surface area (Å²) in [6.07, 6.45) is 4.33. The molecule has 0 unspecified atom stereocenters. The van der Waals surface area contributed by atoms with Crippen molar-refractivity contribution >= 4 is 18.3 Å². The molecule has 0 aliphatic carbocycles. The fourth-order valence-electron chi connectivity index (χ4n) is 1.96. The molecule has 1 rings (SSSR count). The van der Waals surface area contributed by atoms with Crippen LogP contribution in [0.3, 0.4) is 0 Å². The number of amides is 1. The van der Waals surface area contributed by atoms with Crippen molar-refractivity contribution < 1.29 is 4.79 Å². The zero-order chi connectivity index (χ0) is 10.6. The minimum Gasteiger partial charge on any atom is -0.341 e. The second kappa shape index (κ2) is 7.07. The van der Waals surface area contributed by atoms with Crippen molar-refractivity contribution in [3.63, 3.8) is 0 Å². The summed E-state index contributed by atoms with van der Waals surface area (Å²) in [7, 11) is 0. The maximum atomic E-state index is 11.8. The predicted octanol–water partition coefficient (Wildman–Crippen LogP) is 1.79. The standard InChI is InChI=1S/C11H22N2O.ClH/c1-9(2)8-10(12)11(14)13-6-4-3-5-7-13;/h9-10H,3-8,12H2,1-2H3;1H/t10-;/m0./s1. The monoisotopic (exact) mass is 234 g/mol. The number of rotatable bonds is 3. The number of nitrogens with two attached hydrogens (primary N) is 1. The lowest BCUT2D eigenvalue weighted by atomic mass is 10.0. The Morgan fingerprint density at radius 3 is 2.27 bits per heavy atom. The number of halogens is 1. The third-order valence-electron chi connectivity index (χ3n) is 2.71. The van der Waals surface area contributed by atoms with Gasteiger partial charge in [-0.05, 0) is 31.6 Å². The summed E-state index contributed by atoms with van der Waals surface area (Å²) in [5.41, 5.74) is 5.86. The van der Waals surface area contributed by atoms with Crippen molar-refractivity contribution in [1.82, 2.24) is 4.90 Å². The minimum atomic E-state index is -0.284. The van der Waals surface area contributed by atoms with Gasteiger partial charge >= 0.3 is 0 Å². The lowest BCUT2D eigenvalue weighted by Crippen LogP contribution is -2.46. The molecule has 1 aliphatic rings. The first kappa shape index (κ1) is 14.7. The van der Waals surface area contributed by atoms with Crippen molar-refractivity contribution in [2.45, 2.75) is 45.6 Å². The molecule has 0 saturated carbocycles. The second-order valence-electron chi connectivity index (χ2n) is 4.62. The van der Waals surface area contributed by atoms with E-state index in [1.165, 1.54) is 6.42 Å². The average molecular weight is 235 g/mol. The molecule has 0 bridgehead atoms. The van der Waals surface area contributed by atoms with Crippen LogP contribution in [0.2, 0.25) is 0 Å². The number of hydrogen-bond donors (Lipinski definition) is 1. The van der Waals surface area contributed by atoms with Crippen LogP contribution in [0, 0.1) is 5.92 Å². The highest BCUT2D eigenvalue weighted by Crippen LogP contribution is 2.12. The zero-order valence-corrected chi connectivity index (χ0v) is 10.6. The van der Waals surface area contributed by atoms with Gasteiger partial charge in [0.2, 0.25) is 5.91 Å². The van der Waals surface area contributed by atoms with Crippen molar-refractivity contribution in [1.29, 1.82) is 0 Å². The molecule has 0 aromatic carbocycles. The molecule has 0 spiro atoms. The van der Waals surface area contributed by atoms with Gasteiger partial charge < -0.3 is 10.6 Å². The van der Waals surface area contributed by atoms with E-state index < -0.39 is 0 Å². The molecule has 0 radical (unpaired) electrons. The van der Waals surface area contributed by atoms with E-state index in [9.17, 15) is 4.79 Å². The first-order valence-electron chi connectivity index (χ1n) is 5.65. The molecule has 90 valence electrons. The van der Waals surface area contributed by atoms with Gasteiger partial charge in [0.1, 0.15) is 0 Å². The summed E-state index contributed by atoms with van der Waals surface area (Å²) in [6.45, 7) is 6.02. The van der Waals surface area contributed by atoms with E-state index in [0.717, 1.165) is 32.4 Å². The fraction of sp³-hybridized carbons (Fsp3) is 0.909. The Hall–Kier alpha value is -0.280. The molecule has 1 saturated heterocycles. The number of nitrogens with zero attached hydrogens (tertiary/aromatic N) is 1. The van der Waals surface area contributed by atoms with Gasteiger partial charge in [-0.25, -0.2) is 0 Å². The highest BCUT2D eigenvalue weighted by molar-refractivity contribution is 5.85. The molecule has 1 heterocycles. The Labute approximate surface area is 98.8 Å². The summed E-state index contributed by atoms with van der Waals surface area (Å²) in [5.74, 6) is 0.650. The number of piperidine rings is 1. The summed E-state index contributed by atoms with van der Waals surface area (Å²) in [4.78, 5) is 13.8. The average Bonchev–Trinajstić information content (AvgIpc) is 2.17. The van der Waals surface area contributed by atoms with Gasteiger partial charge in [-0.15, -0.1) is 12.4 Å². The second-order valence-corrected chi connectivity index (χ2v) is 4.62. The van der Waals surface area contributed by atoms with Gasteiger partial charge in [-0.2, -0.15) is 0 Å². The Balaban J connectivity index is 0.00000196. The predicted molar refractivity (Wildman–Crippen MR) is 65.1 cm³/mol.